The zero-order chi connectivity index (χ0) is 28.2. The van der Waals surface area contributed by atoms with Gasteiger partial charge in [-0.05, 0) is 60.2 Å². The van der Waals surface area contributed by atoms with Crippen molar-refractivity contribution in [2.24, 2.45) is 10.9 Å². The van der Waals surface area contributed by atoms with E-state index in [1.807, 2.05) is 79.7 Å². The SMILES string of the molecule is COC(=O)C1C(C)=NC2=C(C(=O)CC(c3ccc(OC)cc3)C2)C1c1ccc(OCc2ccccc2)c(OC)c1. The van der Waals surface area contributed by atoms with Crippen LogP contribution >= 0.6 is 0 Å². The van der Waals surface area contributed by atoms with Gasteiger partial charge in [-0.2, -0.15) is 0 Å². The number of allylic oxidation sites excluding steroid dienone is 2. The molecule has 3 aromatic rings. The van der Waals surface area contributed by atoms with Gasteiger partial charge in [0.1, 0.15) is 18.3 Å². The van der Waals surface area contributed by atoms with Crippen LogP contribution in [0.3, 0.4) is 0 Å². The first-order chi connectivity index (χ1) is 19.4. The highest BCUT2D eigenvalue weighted by molar-refractivity contribution is 6.09. The lowest BCUT2D eigenvalue weighted by molar-refractivity contribution is -0.143. The fourth-order valence-corrected chi connectivity index (χ4v) is 5.70. The first-order valence-electron chi connectivity index (χ1n) is 13.3. The van der Waals surface area contributed by atoms with Crippen molar-refractivity contribution in [2.45, 2.75) is 38.2 Å². The van der Waals surface area contributed by atoms with Crippen molar-refractivity contribution in [1.29, 1.82) is 0 Å². The highest BCUT2D eigenvalue weighted by Gasteiger charge is 2.44. The Bertz CT molecular complexity index is 1460. The van der Waals surface area contributed by atoms with Gasteiger partial charge in [-0.3, -0.25) is 14.6 Å². The Labute approximate surface area is 234 Å². The third kappa shape index (κ3) is 5.37. The fraction of sp³-hybridized carbons (Fsp3) is 0.303. The molecule has 7 heteroatoms. The molecular formula is C33H33NO6. The molecule has 3 aromatic carbocycles. The van der Waals surface area contributed by atoms with Gasteiger partial charge in [-0.1, -0.05) is 48.5 Å². The van der Waals surface area contributed by atoms with Crippen molar-refractivity contribution in [1.82, 2.24) is 0 Å². The number of nitrogens with zero attached hydrogens (tertiary/aromatic N) is 1. The van der Waals surface area contributed by atoms with Crippen LogP contribution in [0.1, 0.15) is 48.3 Å². The number of benzene rings is 3. The topological polar surface area (TPSA) is 83.4 Å². The number of carbonyl (C=O) groups is 2. The third-order valence-electron chi connectivity index (χ3n) is 7.71. The predicted octanol–water partition coefficient (Wildman–Crippen LogP) is 6.03. The van der Waals surface area contributed by atoms with Crippen molar-refractivity contribution in [3.05, 3.63) is 101 Å². The molecule has 3 unspecified atom stereocenters. The van der Waals surface area contributed by atoms with E-state index in [1.165, 1.54) is 7.11 Å². The van der Waals surface area contributed by atoms with Gasteiger partial charge in [-0.25, -0.2) is 0 Å². The molecule has 1 aliphatic heterocycles. The molecule has 0 N–H and O–H groups in total. The highest BCUT2D eigenvalue weighted by Crippen LogP contribution is 2.48. The number of carbonyl (C=O) groups excluding carboxylic acids is 2. The molecule has 5 rings (SSSR count). The summed E-state index contributed by atoms with van der Waals surface area (Å²) in [6, 6.07) is 23.3. The number of hydrogen-bond donors (Lipinski definition) is 0. The van der Waals surface area contributed by atoms with E-state index < -0.39 is 17.8 Å². The van der Waals surface area contributed by atoms with Crippen molar-refractivity contribution in [3.63, 3.8) is 0 Å². The number of methoxy groups -OCH3 is 3. The van der Waals surface area contributed by atoms with Crippen molar-refractivity contribution >= 4 is 17.5 Å². The second-order valence-corrected chi connectivity index (χ2v) is 10.1. The van der Waals surface area contributed by atoms with Gasteiger partial charge < -0.3 is 18.9 Å². The standard InChI is InChI=1S/C33H33NO6/c1-20-30(33(36)39-4)31(23-12-15-28(29(18-23)38-3)40-19-21-8-6-5-7-9-21)32-26(34-20)16-24(17-27(32)35)22-10-13-25(37-2)14-11-22/h5-15,18,24,30-31H,16-17,19H2,1-4H3. The summed E-state index contributed by atoms with van der Waals surface area (Å²) in [5.41, 5.74) is 4.79. The van der Waals surface area contributed by atoms with E-state index in [1.54, 1.807) is 14.2 Å². The number of ketones is 1. The average Bonchev–Trinajstić information content (AvgIpc) is 2.99. The lowest BCUT2D eigenvalue weighted by atomic mass is 9.69. The van der Waals surface area contributed by atoms with Crippen LogP contribution in [0.25, 0.3) is 0 Å². The van der Waals surface area contributed by atoms with Crippen molar-refractivity contribution in [2.75, 3.05) is 21.3 Å². The smallest absolute Gasteiger partial charge is 0.315 e. The largest absolute Gasteiger partial charge is 0.497 e. The van der Waals surface area contributed by atoms with Crippen LogP contribution in [-0.2, 0) is 20.9 Å². The molecule has 0 saturated heterocycles. The molecule has 206 valence electrons. The summed E-state index contributed by atoms with van der Waals surface area (Å²) in [5, 5.41) is 0. The first kappa shape index (κ1) is 27.2. The summed E-state index contributed by atoms with van der Waals surface area (Å²) in [4.78, 5) is 31.7. The first-order valence-corrected chi connectivity index (χ1v) is 13.3. The zero-order valence-electron chi connectivity index (χ0n) is 23.2. The van der Waals surface area contributed by atoms with Crippen LogP contribution in [0.4, 0.5) is 0 Å². The maximum absolute atomic E-state index is 13.8. The maximum Gasteiger partial charge on any atom is 0.315 e. The average molecular weight is 540 g/mol. The Balaban J connectivity index is 1.51. The number of rotatable bonds is 8. The number of Topliss-reactive ketones (excluding diaryl/α,β-unsaturated/α-hetero) is 1. The molecule has 0 saturated carbocycles. The van der Waals surface area contributed by atoms with E-state index in [0.717, 1.165) is 28.1 Å². The zero-order valence-corrected chi connectivity index (χ0v) is 23.2. The number of ether oxygens (including phenoxy) is 4. The van der Waals surface area contributed by atoms with Gasteiger partial charge in [0, 0.05) is 29.3 Å². The summed E-state index contributed by atoms with van der Waals surface area (Å²) in [5.74, 6) is 0.170. The summed E-state index contributed by atoms with van der Waals surface area (Å²) in [6.45, 7) is 2.21. The Morgan fingerprint density at radius 3 is 2.27 bits per heavy atom. The minimum atomic E-state index is -0.717. The van der Waals surface area contributed by atoms with Gasteiger partial charge in [0.25, 0.3) is 0 Å². The molecule has 1 aliphatic carbocycles. The normalized spacial score (nSPS) is 20.4. The molecule has 0 fully saturated rings. The molecule has 1 heterocycles. The number of aliphatic imine (C=N–C) groups is 1. The van der Waals surface area contributed by atoms with Crippen LogP contribution in [0.2, 0.25) is 0 Å². The van der Waals surface area contributed by atoms with E-state index in [4.69, 9.17) is 23.9 Å². The van der Waals surface area contributed by atoms with Gasteiger partial charge >= 0.3 is 5.97 Å². The van der Waals surface area contributed by atoms with Crippen molar-refractivity contribution in [3.8, 4) is 17.2 Å². The molecule has 2 aliphatic rings. The van der Waals surface area contributed by atoms with Crippen LogP contribution in [0.5, 0.6) is 17.2 Å². The fourth-order valence-electron chi connectivity index (χ4n) is 5.70. The Morgan fingerprint density at radius 1 is 0.875 bits per heavy atom. The van der Waals surface area contributed by atoms with E-state index in [2.05, 4.69) is 0 Å². The van der Waals surface area contributed by atoms with Gasteiger partial charge in [0.15, 0.2) is 17.3 Å². The molecule has 0 aromatic heterocycles. The summed E-state index contributed by atoms with van der Waals surface area (Å²) in [6.07, 6.45) is 0.935. The maximum atomic E-state index is 13.8. The van der Waals surface area contributed by atoms with Gasteiger partial charge in [0.2, 0.25) is 0 Å². The molecule has 0 amide bonds. The molecule has 0 radical (unpaired) electrons. The Hall–Kier alpha value is -4.39. The quantitative estimate of drug-likeness (QED) is 0.325. The van der Waals surface area contributed by atoms with Gasteiger partial charge in [-0.15, -0.1) is 0 Å². The van der Waals surface area contributed by atoms with E-state index in [-0.39, 0.29) is 11.7 Å². The highest BCUT2D eigenvalue weighted by atomic mass is 16.5. The lowest BCUT2D eigenvalue weighted by Crippen LogP contribution is -2.37. The summed E-state index contributed by atoms with van der Waals surface area (Å²) >= 11 is 0. The lowest BCUT2D eigenvalue weighted by Gasteiger charge is -2.36. The molecular weight excluding hydrogens is 506 g/mol. The van der Waals surface area contributed by atoms with Crippen LogP contribution in [0.15, 0.2) is 89.1 Å². The Kier molecular flexibility index (Phi) is 8.01. The van der Waals surface area contributed by atoms with E-state index >= 15 is 0 Å². The molecule has 40 heavy (non-hydrogen) atoms. The summed E-state index contributed by atoms with van der Waals surface area (Å²) < 4.78 is 22.2. The van der Waals surface area contributed by atoms with Crippen molar-refractivity contribution < 1.29 is 28.5 Å². The molecule has 0 bridgehead atoms. The van der Waals surface area contributed by atoms with E-state index in [0.29, 0.717) is 42.2 Å². The molecule has 0 spiro atoms. The predicted molar refractivity (Wildman–Crippen MR) is 152 cm³/mol. The monoisotopic (exact) mass is 539 g/mol. The van der Waals surface area contributed by atoms with Crippen LogP contribution < -0.4 is 14.2 Å². The second kappa shape index (κ2) is 11.8. The summed E-state index contributed by atoms with van der Waals surface area (Å²) in [7, 11) is 4.57. The molecule has 3 atom stereocenters. The van der Waals surface area contributed by atoms with Crippen LogP contribution in [-0.4, -0.2) is 38.8 Å². The minimum Gasteiger partial charge on any atom is -0.497 e. The molecule has 7 nitrogen and oxygen atoms in total. The minimum absolute atomic E-state index is 0.00710. The Morgan fingerprint density at radius 2 is 1.60 bits per heavy atom. The van der Waals surface area contributed by atoms with Gasteiger partial charge in [0.05, 0.1) is 21.3 Å². The number of esters is 1. The second-order valence-electron chi connectivity index (χ2n) is 10.1. The van der Waals surface area contributed by atoms with Crippen LogP contribution in [0, 0.1) is 5.92 Å². The third-order valence-corrected chi connectivity index (χ3v) is 7.71. The number of hydrogen-bond acceptors (Lipinski definition) is 7. The van der Waals surface area contributed by atoms with E-state index in [9.17, 15) is 9.59 Å².